The van der Waals surface area contributed by atoms with Crippen LogP contribution in [0.25, 0.3) is 76.9 Å². The SMILES string of the molecule is Bc1c(B)c(B)c2c(oc3c(B)c(B)c(-c4c5c(B)c(B)c(B)c(B)c5c(-c5cccc6c5-c5ccccc5C6(C)C)c5c(B)c(B)c(B)c(B)c45)c(B)c32)c1B. The third-order valence-electron chi connectivity index (χ3n) is 15.8. The van der Waals surface area contributed by atoms with Gasteiger partial charge in [0.25, 0.3) is 0 Å². The van der Waals surface area contributed by atoms with Crippen molar-refractivity contribution in [1.82, 2.24) is 0 Å². The molecule has 0 spiro atoms. The maximum atomic E-state index is 6.98. The van der Waals surface area contributed by atoms with Gasteiger partial charge in [-0.1, -0.05) is 111 Å². The molecule has 0 fully saturated rings. The fourth-order valence-electron chi connectivity index (χ4n) is 11.3. The van der Waals surface area contributed by atoms with Crippen molar-refractivity contribution in [1.29, 1.82) is 0 Å². The first kappa shape index (κ1) is 38.4. The Hall–Kier alpha value is -4.17. The second kappa shape index (κ2) is 12.7. The van der Waals surface area contributed by atoms with Gasteiger partial charge in [0.05, 0.1) is 0 Å². The van der Waals surface area contributed by atoms with Gasteiger partial charge in [0.2, 0.25) is 0 Å². The Kier molecular flexibility index (Phi) is 8.52. The van der Waals surface area contributed by atoms with Gasteiger partial charge in [0, 0.05) is 16.2 Å². The molecule has 16 heteroatoms. The van der Waals surface area contributed by atoms with E-state index in [4.69, 9.17) is 4.42 Å². The van der Waals surface area contributed by atoms with E-state index in [1.807, 2.05) is 0 Å². The molecule has 0 aliphatic heterocycles. The number of hydrogen-bond acceptors (Lipinski definition) is 1. The molecule has 0 bridgehead atoms. The van der Waals surface area contributed by atoms with E-state index in [-0.39, 0.29) is 5.41 Å². The van der Waals surface area contributed by atoms with Crippen LogP contribution >= 0.6 is 0 Å². The maximum absolute atomic E-state index is 6.98. The molecule has 0 N–H and O–H groups in total. The monoisotopic (exact) mass is 716 g/mol. The summed E-state index contributed by atoms with van der Waals surface area (Å²) in [5, 5.41) is 8.12. The lowest BCUT2D eigenvalue weighted by Crippen LogP contribution is -2.50. The standard InChI is InChI=1S/C41H43B15O/c1-41(2)12-8-4-3-6-10(12)14-11(7-5-9-13(14)41)15-17-19(27(45)33(51)31(49)25(17)43)16(20-18(15)26(44)32(50)34(52)28(20)46)21-24(42)22-23-30(48)35(53)36(54)38(56)40(23)57-39(22)37(55)29(21)47/h3-9H,42-56H2,1-2H3. The summed E-state index contributed by atoms with van der Waals surface area (Å²) in [7, 11) is 35.0. The molecule has 1 aromatic heterocycles. The molecule has 1 nitrogen and oxygen atoms in total. The van der Waals surface area contributed by atoms with Gasteiger partial charge < -0.3 is 4.42 Å². The molecule has 0 radical (unpaired) electrons. The van der Waals surface area contributed by atoms with Crippen molar-refractivity contribution in [2.24, 2.45) is 0 Å². The summed E-state index contributed by atoms with van der Waals surface area (Å²) in [6.45, 7) is 4.81. The summed E-state index contributed by atoms with van der Waals surface area (Å²) in [6, 6.07) is 16.3. The number of rotatable bonds is 2. The van der Waals surface area contributed by atoms with Gasteiger partial charge >= 0.3 is 0 Å². The third-order valence-corrected chi connectivity index (χ3v) is 15.8. The quantitative estimate of drug-likeness (QED) is 0.128. The minimum absolute atomic E-state index is 0.0929. The van der Waals surface area contributed by atoms with E-state index >= 15 is 0 Å². The molecule has 0 saturated carbocycles. The number of benzene rings is 7. The van der Waals surface area contributed by atoms with Crippen LogP contribution in [0.2, 0.25) is 0 Å². The highest BCUT2D eigenvalue weighted by Gasteiger charge is 2.38. The van der Waals surface area contributed by atoms with Gasteiger partial charge in [-0.15, -0.1) is 27.3 Å². The zero-order chi connectivity index (χ0) is 41.1. The van der Waals surface area contributed by atoms with Crippen LogP contribution in [0.4, 0.5) is 0 Å². The topological polar surface area (TPSA) is 13.1 Å². The summed E-state index contributed by atoms with van der Waals surface area (Å²) in [5.74, 6) is 0. The Morgan fingerprint density at radius 2 is 0.702 bits per heavy atom. The Labute approximate surface area is 351 Å². The average Bonchev–Trinajstić information content (AvgIpc) is 3.71. The predicted octanol–water partition coefficient (Wildman–Crippen LogP) is -14.6. The van der Waals surface area contributed by atoms with Crippen LogP contribution in [-0.4, -0.2) is 118 Å². The van der Waals surface area contributed by atoms with Crippen molar-refractivity contribution >= 4 is 243 Å². The highest BCUT2D eigenvalue weighted by molar-refractivity contribution is 6.73. The van der Waals surface area contributed by atoms with Crippen LogP contribution in [-0.2, 0) is 5.41 Å². The maximum Gasteiger partial charge on any atom is 0.143 e. The fourth-order valence-corrected chi connectivity index (χ4v) is 11.3. The highest BCUT2D eigenvalue weighted by atomic mass is 16.3. The first-order valence-corrected chi connectivity index (χ1v) is 21.0. The Morgan fingerprint density at radius 1 is 0.316 bits per heavy atom. The molecule has 0 atom stereocenters. The second-order valence-electron chi connectivity index (χ2n) is 18.4. The largest absolute Gasteiger partial charge is 0.457 e. The van der Waals surface area contributed by atoms with Crippen molar-refractivity contribution in [3.63, 3.8) is 0 Å². The minimum Gasteiger partial charge on any atom is -0.457 e. The molecule has 1 aliphatic rings. The lowest BCUT2D eigenvalue weighted by molar-refractivity contribution is 0.660. The average molecular weight is 714 g/mol. The van der Waals surface area contributed by atoms with E-state index in [9.17, 15) is 0 Å². The lowest BCUT2D eigenvalue weighted by Gasteiger charge is -2.30. The molecular weight excluding hydrogens is 671 g/mol. The number of fused-ring (bicyclic) bond motifs is 8. The van der Waals surface area contributed by atoms with Crippen molar-refractivity contribution in [2.45, 2.75) is 19.3 Å². The second-order valence-corrected chi connectivity index (χ2v) is 18.4. The van der Waals surface area contributed by atoms with Crippen molar-refractivity contribution in [3.05, 3.63) is 53.6 Å². The van der Waals surface area contributed by atoms with Crippen molar-refractivity contribution in [3.8, 4) is 33.4 Å². The van der Waals surface area contributed by atoms with Crippen LogP contribution in [0.1, 0.15) is 25.0 Å². The Morgan fingerprint density at radius 3 is 1.23 bits per heavy atom. The van der Waals surface area contributed by atoms with Gasteiger partial charge in [-0.05, 0) is 66.1 Å². The molecule has 57 heavy (non-hydrogen) atoms. The number of furan rings is 1. The molecule has 8 aromatic rings. The van der Waals surface area contributed by atoms with Gasteiger partial charge in [-0.25, -0.2) is 0 Å². The van der Waals surface area contributed by atoms with Crippen LogP contribution < -0.4 is 81.9 Å². The van der Waals surface area contributed by atoms with Crippen molar-refractivity contribution in [2.75, 3.05) is 0 Å². The Bertz CT molecular complexity index is 3140. The zero-order valence-corrected chi connectivity index (χ0v) is 37.4. The molecule has 1 aliphatic carbocycles. The smallest absolute Gasteiger partial charge is 0.143 e. The summed E-state index contributed by atoms with van der Waals surface area (Å²) < 4.78 is 6.98. The van der Waals surface area contributed by atoms with E-state index in [1.165, 1.54) is 159 Å². The first-order chi connectivity index (χ1) is 26.9. The van der Waals surface area contributed by atoms with Gasteiger partial charge in [-0.3, -0.25) is 0 Å². The first-order valence-electron chi connectivity index (χ1n) is 21.0. The van der Waals surface area contributed by atoms with E-state index in [1.54, 1.807) is 0 Å². The van der Waals surface area contributed by atoms with E-state index in [0.29, 0.717) is 0 Å². The third kappa shape index (κ3) is 4.74. The molecular formula is C41H43B15O. The Balaban J connectivity index is 1.61. The van der Waals surface area contributed by atoms with E-state index in [0.717, 1.165) is 11.2 Å². The van der Waals surface area contributed by atoms with E-state index in [2.05, 4.69) is 174 Å². The highest BCUT2D eigenvalue weighted by Crippen LogP contribution is 2.53. The van der Waals surface area contributed by atoms with Crippen LogP contribution in [0.5, 0.6) is 0 Å². The number of hydrogen-bond donors (Lipinski definition) is 0. The van der Waals surface area contributed by atoms with Crippen LogP contribution in [0.3, 0.4) is 0 Å². The van der Waals surface area contributed by atoms with Crippen molar-refractivity contribution < 1.29 is 4.42 Å². The lowest BCUT2D eigenvalue weighted by atomic mass is 9.58. The molecule has 258 valence electrons. The van der Waals surface area contributed by atoms with Gasteiger partial charge in [0.15, 0.2) is 0 Å². The molecule has 0 saturated heterocycles. The van der Waals surface area contributed by atoms with Crippen LogP contribution in [0.15, 0.2) is 46.9 Å². The minimum atomic E-state index is -0.0929. The van der Waals surface area contributed by atoms with Gasteiger partial charge in [0.1, 0.15) is 129 Å². The van der Waals surface area contributed by atoms with Gasteiger partial charge in [-0.2, -0.15) is 0 Å². The van der Waals surface area contributed by atoms with E-state index < -0.39 is 0 Å². The molecule has 9 rings (SSSR count). The normalized spacial score (nSPS) is 13.2. The fraction of sp³-hybridized carbons (Fsp3) is 0.0732. The molecule has 7 aromatic carbocycles. The summed E-state index contributed by atoms with van der Waals surface area (Å²) in [4.78, 5) is 0. The zero-order valence-electron chi connectivity index (χ0n) is 37.4. The van der Waals surface area contributed by atoms with Crippen LogP contribution in [0, 0.1) is 0 Å². The molecule has 0 amide bonds. The molecule has 0 unspecified atom stereocenters. The summed E-state index contributed by atoms with van der Waals surface area (Å²) in [6.07, 6.45) is 0. The summed E-state index contributed by atoms with van der Waals surface area (Å²) >= 11 is 0. The molecule has 1 heterocycles. The summed E-state index contributed by atoms with van der Waals surface area (Å²) in [5.41, 5.74) is 33.2. The predicted molar refractivity (Wildman–Crippen MR) is 300 cm³/mol.